The van der Waals surface area contributed by atoms with Gasteiger partial charge in [-0.25, -0.2) is 8.42 Å². The monoisotopic (exact) mass is 511 g/mol. The Morgan fingerprint density at radius 3 is 2.13 bits per heavy atom. The number of alkyl halides is 3. The van der Waals surface area contributed by atoms with Gasteiger partial charge in [0.25, 0.3) is 0 Å². The van der Waals surface area contributed by atoms with Crippen LogP contribution in [0.2, 0.25) is 15.1 Å². The SMILES string of the molecule is N#CC[C@H](C(=O)CN=Nc1c(Cl)cc(C(F)(F)F)cc1Cl)S(=O)(=O)c1ccc(Cl)cc1. The summed E-state index contributed by atoms with van der Waals surface area (Å²) in [5.74, 6) is -0.945. The van der Waals surface area contributed by atoms with Gasteiger partial charge in [0.2, 0.25) is 0 Å². The van der Waals surface area contributed by atoms with E-state index < -0.39 is 55.6 Å². The van der Waals surface area contributed by atoms with E-state index in [1.54, 1.807) is 6.07 Å². The fourth-order valence-corrected chi connectivity index (χ4v) is 4.62. The lowest BCUT2D eigenvalue weighted by Gasteiger charge is -2.13. The molecule has 0 heterocycles. The van der Waals surface area contributed by atoms with E-state index in [9.17, 15) is 26.4 Å². The van der Waals surface area contributed by atoms with Crippen molar-refractivity contribution < 1.29 is 26.4 Å². The van der Waals surface area contributed by atoms with Crippen LogP contribution in [0.3, 0.4) is 0 Å². The van der Waals surface area contributed by atoms with Gasteiger partial charge in [0.15, 0.2) is 15.6 Å². The van der Waals surface area contributed by atoms with E-state index in [2.05, 4.69) is 10.2 Å². The number of Topliss-reactive ketones (excluding diaryl/α,β-unsaturated/α-hetero) is 1. The zero-order chi connectivity index (χ0) is 23.4. The van der Waals surface area contributed by atoms with Crippen molar-refractivity contribution in [2.75, 3.05) is 6.54 Å². The second kappa shape index (κ2) is 9.96. The van der Waals surface area contributed by atoms with Crippen LogP contribution in [0.4, 0.5) is 18.9 Å². The molecule has 2 rings (SSSR count). The molecule has 0 saturated heterocycles. The Morgan fingerprint density at radius 2 is 1.65 bits per heavy atom. The van der Waals surface area contributed by atoms with Gasteiger partial charge in [-0.05, 0) is 36.4 Å². The average Bonchev–Trinajstić information content (AvgIpc) is 2.67. The highest BCUT2D eigenvalue weighted by atomic mass is 35.5. The summed E-state index contributed by atoms with van der Waals surface area (Å²) in [6.45, 7) is -0.771. The van der Waals surface area contributed by atoms with Crippen molar-refractivity contribution in [3.8, 4) is 6.07 Å². The van der Waals surface area contributed by atoms with Crippen LogP contribution in [0.25, 0.3) is 0 Å². The summed E-state index contributed by atoms with van der Waals surface area (Å²) in [5, 5.41) is 13.6. The third-order valence-electron chi connectivity index (χ3n) is 3.89. The first kappa shape index (κ1) is 25.1. The zero-order valence-electron chi connectivity index (χ0n) is 15.2. The Morgan fingerprint density at radius 1 is 1.10 bits per heavy atom. The van der Waals surface area contributed by atoms with E-state index in [0.29, 0.717) is 12.1 Å². The standard InChI is InChI=1S/C18H11Cl3F3N3O3S/c19-11-1-3-12(4-2-11)31(29,30)16(5-6-25)15(28)9-26-27-17-13(20)7-10(8-14(17)21)18(22,23)24/h1-4,7-8,16H,5,9H2/t16-/m1/s1. The van der Waals surface area contributed by atoms with Crippen LogP contribution in [-0.2, 0) is 20.8 Å². The molecule has 1 atom stereocenters. The largest absolute Gasteiger partial charge is 0.416 e. The molecule has 2 aromatic carbocycles. The number of halogens is 6. The van der Waals surface area contributed by atoms with Crippen LogP contribution < -0.4 is 0 Å². The fourth-order valence-electron chi connectivity index (χ4n) is 2.37. The molecule has 0 spiro atoms. The molecule has 0 saturated carbocycles. The van der Waals surface area contributed by atoms with Crippen molar-refractivity contribution in [1.29, 1.82) is 5.26 Å². The molecule has 13 heteroatoms. The normalized spacial score (nSPS) is 13.2. The molecule has 0 unspecified atom stereocenters. The maximum Gasteiger partial charge on any atom is 0.416 e. The molecule has 0 aliphatic heterocycles. The molecule has 164 valence electrons. The van der Waals surface area contributed by atoms with Gasteiger partial charge in [-0.3, -0.25) is 4.79 Å². The maximum absolute atomic E-state index is 12.8. The second-order valence-electron chi connectivity index (χ2n) is 6.00. The Kier molecular flexibility index (Phi) is 8.05. The number of carbonyl (C=O) groups excluding carboxylic acids is 1. The highest BCUT2D eigenvalue weighted by molar-refractivity contribution is 7.92. The molecular weight excluding hydrogens is 502 g/mol. The molecule has 0 aliphatic carbocycles. The van der Waals surface area contributed by atoms with Gasteiger partial charge in [0.1, 0.15) is 17.5 Å². The quantitative estimate of drug-likeness (QED) is 0.420. The van der Waals surface area contributed by atoms with E-state index in [1.165, 1.54) is 24.3 Å². The van der Waals surface area contributed by atoms with Crippen LogP contribution in [-0.4, -0.2) is 26.0 Å². The first-order valence-corrected chi connectivity index (χ1v) is 10.9. The van der Waals surface area contributed by atoms with Gasteiger partial charge in [-0.1, -0.05) is 34.8 Å². The summed E-state index contributed by atoms with van der Waals surface area (Å²) >= 11 is 17.2. The molecule has 31 heavy (non-hydrogen) atoms. The van der Waals surface area contributed by atoms with E-state index in [1.807, 2.05) is 0 Å². The number of hydrogen-bond acceptors (Lipinski definition) is 6. The first-order chi connectivity index (χ1) is 14.4. The van der Waals surface area contributed by atoms with Gasteiger partial charge in [-0.15, -0.1) is 0 Å². The highest BCUT2D eigenvalue weighted by Gasteiger charge is 2.34. The molecular formula is C18H11Cl3F3N3O3S. The number of sulfone groups is 1. The molecule has 0 aliphatic rings. The van der Waals surface area contributed by atoms with Gasteiger partial charge in [0, 0.05) is 5.02 Å². The predicted molar refractivity (Wildman–Crippen MR) is 109 cm³/mol. The van der Waals surface area contributed by atoms with Gasteiger partial charge >= 0.3 is 6.18 Å². The number of benzene rings is 2. The van der Waals surface area contributed by atoms with Gasteiger partial charge in [0.05, 0.1) is 33.0 Å². The molecule has 0 radical (unpaired) electrons. The van der Waals surface area contributed by atoms with Crippen molar-refractivity contribution in [2.24, 2.45) is 10.2 Å². The lowest BCUT2D eigenvalue weighted by molar-refractivity contribution is -0.137. The number of nitrogens with zero attached hydrogens (tertiary/aromatic N) is 3. The topological polar surface area (TPSA) is 99.7 Å². The van der Waals surface area contributed by atoms with E-state index in [-0.39, 0.29) is 15.6 Å². The van der Waals surface area contributed by atoms with Crippen LogP contribution in [0.5, 0.6) is 0 Å². The minimum Gasteiger partial charge on any atom is -0.296 e. The lowest BCUT2D eigenvalue weighted by atomic mass is 10.2. The van der Waals surface area contributed by atoms with E-state index >= 15 is 0 Å². The summed E-state index contributed by atoms with van der Waals surface area (Å²) in [5.41, 5.74) is -1.41. The van der Waals surface area contributed by atoms with Crippen molar-refractivity contribution >= 4 is 56.1 Å². The third-order valence-corrected chi connectivity index (χ3v) is 6.83. The summed E-state index contributed by atoms with van der Waals surface area (Å²) in [4.78, 5) is 12.2. The predicted octanol–water partition coefficient (Wildman–Crippen LogP) is 6.07. The molecule has 0 aromatic heterocycles. The molecule has 0 fully saturated rings. The number of ketones is 1. The Labute approximate surface area is 190 Å². The number of nitriles is 1. The summed E-state index contributed by atoms with van der Waals surface area (Å²) < 4.78 is 63.7. The van der Waals surface area contributed by atoms with Crippen molar-refractivity contribution in [2.45, 2.75) is 22.7 Å². The van der Waals surface area contributed by atoms with Gasteiger partial charge < -0.3 is 0 Å². The molecule has 0 bridgehead atoms. The Bertz CT molecular complexity index is 1140. The second-order valence-corrected chi connectivity index (χ2v) is 9.38. The van der Waals surface area contributed by atoms with Crippen molar-refractivity contribution in [3.05, 3.63) is 57.0 Å². The van der Waals surface area contributed by atoms with Crippen LogP contribution >= 0.6 is 34.8 Å². The first-order valence-electron chi connectivity index (χ1n) is 8.20. The number of hydrogen-bond donors (Lipinski definition) is 0. The maximum atomic E-state index is 12.8. The van der Waals surface area contributed by atoms with Crippen LogP contribution in [0.15, 0.2) is 51.5 Å². The third kappa shape index (κ3) is 6.17. The summed E-state index contributed by atoms with van der Waals surface area (Å²) in [6, 6.07) is 7.83. The van der Waals surface area contributed by atoms with Crippen LogP contribution in [0.1, 0.15) is 12.0 Å². The molecule has 0 amide bonds. The fraction of sp³-hybridized carbons (Fsp3) is 0.222. The number of rotatable bonds is 7. The molecule has 2 aromatic rings. The highest BCUT2D eigenvalue weighted by Crippen LogP contribution is 2.40. The minimum absolute atomic E-state index is 0.212. The number of carbonyl (C=O) groups is 1. The lowest BCUT2D eigenvalue weighted by Crippen LogP contribution is -2.31. The Balaban J connectivity index is 2.26. The van der Waals surface area contributed by atoms with Crippen LogP contribution in [0, 0.1) is 11.3 Å². The van der Waals surface area contributed by atoms with Gasteiger partial charge in [-0.2, -0.15) is 28.7 Å². The molecule has 0 N–H and O–H groups in total. The van der Waals surface area contributed by atoms with E-state index in [0.717, 1.165) is 0 Å². The Hall–Kier alpha value is -2.19. The summed E-state index contributed by atoms with van der Waals surface area (Å²) in [6.07, 6.45) is -5.32. The summed E-state index contributed by atoms with van der Waals surface area (Å²) in [7, 11) is -4.22. The zero-order valence-corrected chi connectivity index (χ0v) is 18.3. The number of azo groups is 1. The van der Waals surface area contributed by atoms with Crippen molar-refractivity contribution in [1.82, 2.24) is 0 Å². The average molecular weight is 513 g/mol. The molecule has 6 nitrogen and oxygen atoms in total. The minimum atomic E-state index is -4.68. The van der Waals surface area contributed by atoms with Crippen molar-refractivity contribution in [3.63, 3.8) is 0 Å². The smallest absolute Gasteiger partial charge is 0.296 e. The van der Waals surface area contributed by atoms with E-state index in [4.69, 9.17) is 40.1 Å².